The summed E-state index contributed by atoms with van der Waals surface area (Å²) in [5.41, 5.74) is 0.889. The number of nitrogens with one attached hydrogen (secondary N) is 2. The van der Waals surface area contributed by atoms with Crippen LogP contribution in [0, 0.1) is 0 Å². The van der Waals surface area contributed by atoms with E-state index in [1.807, 2.05) is 6.92 Å². The van der Waals surface area contributed by atoms with E-state index in [0.717, 1.165) is 25.1 Å². The largest absolute Gasteiger partial charge is 0.317 e. The Balaban J connectivity index is 2.38. The smallest absolute Gasteiger partial charge is 0.279 e. The van der Waals surface area contributed by atoms with Crippen molar-refractivity contribution in [3.8, 4) is 0 Å². The molecule has 19 heavy (non-hydrogen) atoms. The van der Waals surface area contributed by atoms with Crippen LogP contribution in [0.3, 0.4) is 0 Å². The Kier molecular flexibility index (Phi) is 6.93. The SMILES string of the molecule is CCNCCCN(C)S(=O)(=O)NCc1ccncc1. The molecule has 1 aromatic heterocycles. The average molecular weight is 286 g/mol. The number of rotatable bonds is 9. The van der Waals surface area contributed by atoms with E-state index in [9.17, 15) is 8.42 Å². The third kappa shape index (κ3) is 6.11. The fourth-order valence-electron chi connectivity index (χ4n) is 1.51. The van der Waals surface area contributed by atoms with E-state index in [-0.39, 0.29) is 6.54 Å². The van der Waals surface area contributed by atoms with Crippen LogP contribution in [-0.2, 0) is 16.8 Å². The van der Waals surface area contributed by atoms with Gasteiger partial charge in [0.2, 0.25) is 0 Å². The van der Waals surface area contributed by atoms with Crippen molar-refractivity contribution in [3.05, 3.63) is 30.1 Å². The van der Waals surface area contributed by atoms with Crippen LogP contribution in [0.5, 0.6) is 0 Å². The third-order valence-corrected chi connectivity index (χ3v) is 4.21. The minimum atomic E-state index is -3.41. The van der Waals surface area contributed by atoms with Crippen molar-refractivity contribution < 1.29 is 8.42 Å². The van der Waals surface area contributed by atoms with E-state index in [1.54, 1.807) is 31.6 Å². The monoisotopic (exact) mass is 286 g/mol. The van der Waals surface area contributed by atoms with Gasteiger partial charge in [0, 0.05) is 32.5 Å². The molecule has 1 heterocycles. The lowest BCUT2D eigenvalue weighted by Gasteiger charge is -2.17. The zero-order valence-electron chi connectivity index (χ0n) is 11.5. The molecule has 0 radical (unpaired) electrons. The van der Waals surface area contributed by atoms with E-state index < -0.39 is 10.2 Å². The molecule has 0 aliphatic rings. The van der Waals surface area contributed by atoms with Gasteiger partial charge in [0.05, 0.1) is 0 Å². The van der Waals surface area contributed by atoms with Crippen LogP contribution in [0.25, 0.3) is 0 Å². The highest BCUT2D eigenvalue weighted by atomic mass is 32.2. The summed E-state index contributed by atoms with van der Waals surface area (Å²) in [5.74, 6) is 0. The predicted octanol–water partition coefficient (Wildman–Crippen LogP) is 0.347. The first kappa shape index (κ1) is 16.0. The molecule has 0 unspecified atom stereocenters. The van der Waals surface area contributed by atoms with Crippen LogP contribution >= 0.6 is 0 Å². The topological polar surface area (TPSA) is 74.3 Å². The number of hydrogen-bond donors (Lipinski definition) is 2. The number of aromatic nitrogens is 1. The molecule has 0 saturated heterocycles. The Morgan fingerprint density at radius 2 is 2.00 bits per heavy atom. The van der Waals surface area contributed by atoms with E-state index in [2.05, 4.69) is 15.0 Å². The van der Waals surface area contributed by atoms with Gasteiger partial charge in [-0.1, -0.05) is 6.92 Å². The number of hydrogen-bond acceptors (Lipinski definition) is 4. The summed E-state index contributed by atoms with van der Waals surface area (Å²) in [5, 5.41) is 3.16. The fourth-order valence-corrected chi connectivity index (χ4v) is 2.45. The van der Waals surface area contributed by atoms with Crippen molar-refractivity contribution in [3.63, 3.8) is 0 Å². The van der Waals surface area contributed by atoms with Crippen LogP contribution in [0.15, 0.2) is 24.5 Å². The van der Waals surface area contributed by atoms with Gasteiger partial charge in [0.15, 0.2) is 0 Å². The molecule has 0 aliphatic heterocycles. The molecule has 0 spiro atoms. The summed E-state index contributed by atoms with van der Waals surface area (Å²) in [6.07, 6.45) is 4.08. The van der Waals surface area contributed by atoms with Gasteiger partial charge in [-0.15, -0.1) is 0 Å². The first-order valence-electron chi connectivity index (χ1n) is 6.37. The highest BCUT2D eigenvalue weighted by molar-refractivity contribution is 7.87. The zero-order chi connectivity index (χ0) is 14.1. The Morgan fingerprint density at radius 3 is 2.63 bits per heavy atom. The lowest BCUT2D eigenvalue weighted by Crippen LogP contribution is -2.39. The summed E-state index contributed by atoms with van der Waals surface area (Å²) < 4.78 is 27.8. The second-order valence-electron chi connectivity index (χ2n) is 4.21. The lowest BCUT2D eigenvalue weighted by atomic mass is 10.3. The van der Waals surface area contributed by atoms with E-state index in [4.69, 9.17) is 0 Å². The third-order valence-electron chi connectivity index (χ3n) is 2.69. The lowest BCUT2D eigenvalue weighted by molar-refractivity contribution is 0.445. The zero-order valence-corrected chi connectivity index (χ0v) is 12.3. The molecular formula is C12H22N4O2S. The standard InChI is InChI=1S/C12H22N4O2S/c1-3-13-7-4-10-16(2)19(17,18)15-11-12-5-8-14-9-6-12/h5-6,8-9,13,15H,3-4,7,10-11H2,1-2H3. The van der Waals surface area contributed by atoms with Crippen molar-refractivity contribution in [2.75, 3.05) is 26.7 Å². The molecule has 1 aromatic rings. The van der Waals surface area contributed by atoms with Crippen LogP contribution in [0.2, 0.25) is 0 Å². The molecule has 0 aromatic carbocycles. The molecule has 0 atom stereocenters. The maximum atomic E-state index is 11.9. The molecule has 1 rings (SSSR count). The summed E-state index contributed by atoms with van der Waals surface area (Å²) in [7, 11) is -1.83. The van der Waals surface area contributed by atoms with Gasteiger partial charge in [-0.3, -0.25) is 4.98 Å². The Morgan fingerprint density at radius 1 is 1.32 bits per heavy atom. The van der Waals surface area contributed by atoms with Crippen molar-refractivity contribution in [1.82, 2.24) is 19.3 Å². The number of pyridine rings is 1. The van der Waals surface area contributed by atoms with Crippen LogP contribution in [0.1, 0.15) is 18.9 Å². The Bertz CT molecular complexity index is 450. The Labute approximate surface area is 115 Å². The second kappa shape index (κ2) is 8.21. The van der Waals surface area contributed by atoms with Gasteiger partial charge in [-0.2, -0.15) is 17.4 Å². The summed E-state index contributed by atoms with van der Waals surface area (Å²) in [6, 6.07) is 3.57. The minimum absolute atomic E-state index is 0.280. The van der Waals surface area contributed by atoms with Gasteiger partial charge in [-0.25, -0.2) is 0 Å². The van der Waals surface area contributed by atoms with Crippen LogP contribution in [0.4, 0.5) is 0 Å². The number of nitrogens with zero attached hydrogens (tertiary/aromatic N) is 2. The minimum Gasteiger partial charge on any atom is -0.317 e. The van der Waals surface area contributed by atoms with Crippen molar-refractivity contribution >= 4 is 10.2 Å². The first-order valence-corrected chi connectivity index (χ1v) is 7.81. The van der Waals surface area contributed by atoms with E-state index in [1.165, 1.54) is 4.31 Å². The molecule has 0 saturated carbocycles. The molecule has 6 nitrogen and oxygen atoms in total. The summed E-state index contributed by atoms with van der Waals surface area (Å²) >= 11 is 0. The molecular weight excluding hydrogens is 264 g/mol. The summed E-state index contributed by atoms with van der Waals surface area (Å²) in [6.45, 7) is 4.52. The van der Waals surface area contributed by atoms with Gasteiger partial charge < -0.3 is 5.32 Å². The average Bonchev–Trinajstić information content (AvgIpc) is 2.42. The highest BCUT2D eigenvalue weighted by Gasteiger charge is 2.16. The molecule has 0 fully saturated rings. The van der Waals surface area contributed by atoms with Crippen molar-refractivity contribution in [1.29, 1.82) is 0 Å². The maximum Gasteiger partial charge on any atom is 0.279 e. The van der Waals surface area contributed by atoms with Gasteiger partial charge in [0.1, 0.15) is 0 Å². The molecule has 0 aliphatic carbocycles. The van der Waals surface area contributed by atoms with Gasteiger partial charge in [0.25, 0.3) is 10.2 Å². The van der Waals surface area contributed by atoms with E-state index >= 15 is 0 Å². The van der Waals surface area contributed by atoms with Crippen molar-refractivity contribution in [2.45, 2.75) is 19.9 Å². The van der Waals surface area contributed by atoms with Gasteiger partial charge in [-0.05, 0) is 37.2 Å². The molecule has 108 valence electrons. The normalized spacial score (nSPS) is 11.9. The van der Waals surface area contributed by atoms with Gasteiger partial charge >= 0.3 is 0 Å². The van der Waals surface area contributed by atoms with Crippen LogP contribution < -0.4 is 10.0 Å². The molecule has 0 bridgehead atoms. The Hall–Kier alpha value is -1.02. The predicted molar refractivity (Wildman–Crippen MR) is 75.8 cm³/mol. The highest BCUT2D eigenvalue weighted by Crippen LogP contribution is 2.00. The fraction of sp³-hybridized carbons (Fsp3) is 0.583. The molecule has 0 amide bonds. The molecule has 2 N–H and O–H groups in total. The second-order valence-corrected chi connectivity index (χ2v) is 6.07. The maximum absolute atomic E-state index is 11.9. The van der Waals surface area contributed by atoms with Crippen LogP contribution in [-0.4, -0.2) is 44.4 Å². The first-order chi connectivity index (χ1) is 9.06. The van der Waals surface area contributed by atoms with Crippen molar-refractivity contribution in [2.24, 2.45) is 0 Å². The quantitative estimate of drug-likeness (QED) is 0.642. The summed E-state index contributed by atoms with van der Waals surface area (Å²) in [4.78, 5) is 3.89. The van der Waals surface area contributed by atoms with E-state index in [0.29, 0.717) is 6.54 Å². The molecule has 7 heteroatoms.